The first-order valence-corrected chi connectivity index (χ1v) is 9.15. The van der Waals surface area contributed by atoms with Gasteiger partial charge >= 0.3 is 6.18 Å². The number of nitrogens with zero attached hydrogens (tertiary/aromatic N) is 2. The summed E-state index contributed by atoms with van der Waals surface area (Å²) >= 11 is 0. The fraction of sp³-hybridized carbons (Fsp3) is 0.632. The second kappa shape index (κ2) is 13.2. The van der Waals surface area contributed by atoms with Crippen LogP contribution in [0.4, 0.5) is 13.2 Å². The summed E-state index contributed by atoms with van der Waals surface area (Å²) in [4.78, 5) is 6.57. The summed E-state index contributed by atoms with van der Waals surface area (Å²) in [5, 5.41) is 6.47. The standard InChI is InChI=1S/C19H31F3N4.HI/c1-5-26(6-2)13-7-8-15(3)25-18(23-4)24-14-16-9-11-17(12-10-16)19(20,21)22;/h9-12,15H,5-8,13-14H2,1-4H3,(H2,23,24,25);1H. The molecule has 2 N–H and O–H groups in total. The van der Waals surface area contributed by atoms with Gasteiger partial charge in [-0.05, 0) is 57.1 Å². The Balaban J connectivity index is 0.00000676. The van der Waals surface area contributed by atoms with E-state index >= 15 is 0 Å². The highest BCUT2D eigenvalue weighted by Gasteiger charge is 2.29. The minimum atomic E-state index is -4.30. The Hall–Kier alpha value is -1.03. The van der Waals surface area contributed by atoms with Crippen LogP contribution in [0.2, 0.25) is 0 Å². The molecule has 1 aromatic carbocycles. The van der Waals surface area contributed by atoms with E-state index in [1.54, 1.807) is 7.05 Å². The molecular formula is C19H32F3IN4. The van der Waals surface area contributed by atoms with Crippen LogP contribution >= 0.6 is 24.0 Å². The van der Waals surface area contributed by atoms with E-state index in [9.17, 15) is 13.2 Å². The zero-order valence-electron chi connectivity index (χ0n) is 16.6. The molecule has 0 fully saturated rings. The van der Waals surface area contributed by atoms with Gasteiger partial charge in [-0.15, -0.1) is 24.0 Å². The smallest absolute Gasteiger partial charge is 0.354 e. The van der Waals surface area contributed by atoms with Crippen molar-refractivity contribution in [3.63, 3.8) is 0 Å². The van der Waals surface area contributed by atoms with Gasteiger partial charge in [0.2, 0.25) is 0 Å². The molecule has 0 saturated carbocycles. The van der Waals surface area contributed by atoms with Crippen molar-refractivity contribution in [2.45, 2.75) is 52.4 Å². The summed E-state index contributed by atoms with van der Waals surface area (Å²) in [5.41, 5.74) is 0.140. The van der Waals surface area contributed by atoms with E-state index in [4.69, 9.17) is 0 Å². The van der Waals surface area contributed by atoms with Gasteiger partial charge in [0.25, 0.3) is 0 Å². The first kappa shape index (κ1) is 26.0. The Kier molecular flexibility index (Phi) is 12.7. The lowest BCUT2D eigenvalue weighted by molar-refractivity contribution is -0.137. The molecule has 0 aromatic heterocycles. The van der Waals surface area contributed by atoms with Crippen LogP contribution in [-0.2, 0) is 12.7 Å². The molecular weight excluding hydrogens is 468 g/mol. The maximum atomic E-state index is 12.6. The predicted octanol–water partition coefficient (Wildman–Crippen LogP) is 4.50. The van der Waals surface area contributed by atoms with Crippen LogP contribution in [0.3, 0.4) is 0 Å². The van der Waals surface area contributed by atoms with E-state index in [-0.39, 0.29) is 30.0 Å². The number of rotatable bonds is 9. The van der Waals surface area contributed by atoms with Crippen LogP contribution in [-0.4, -0.2) is 43.6 Å². The van der Waals surface area contributed by atoms with Gasteiger partial charge in [0.15, 0.2) is 5.96 Å². The largest absolute Gasteiger partial charge is 0.416 e. The van der Waals surface area contributed by atoms with Crippen LogP contribution in [0.25, 0.3) is 0 Å². The van der Waals surface area contributed by atoms with Crippen molar-refractivity contribution in [3.05, 3.63) is 35.4 Å². The van der Waals surface area contributed by atoms with Crippen molar-refractivity contribution >= 4 is 29.9 Å². The second-order valence-corrected chi connectivity index (χ2v) is 6.33. The molecule has 1 aromatic rings. The van der Waals surface area contributed by atoms with Crippen LogP contribution in [0.15, 0.2) is 29.3 Å². The summed E-state index contributed by atoms with van der Waals surface area (Å²) in [6.45, 7) is 10.1. The third-order valence-electron chi connectivity index (χ3n) is 4.35. The first-order valence-electron chi connectivity index (χ1n) is 9.15. The van der Waals surface area contributed by atoms with Crippen LogP contribution in [0, 0.1) is 0 Å². The second-order valence-electron chi connectivity index (χ2n) is 6.33. The summed E-state index contributed by atoms with van der Waals surface area (Å²) in [6.07, 6.45) is -2.17. The predicted molar refractivity (Wildman–Crippen MR) is 117 cm³/mol. The number of halogens is 4. The van der Waals surface area contributed by atoms with Gasteiger partial charge in [0.05, 0.1) is 5.56 Å². The molecule has 0 aliphatic rings. The minimum Gasteiger partial charge on any atom is -0.354 e. The molecule has 156 valence electrons. The summed E-state index contributed by atoms with van der Waals surface area (Å²) in [5.74, 6) is 0.653. The van der Waals surface area contributed by atoms with E-state index in [1.165, 1.54) is 12.1 Å². The van der Waals surface area contributed by atoms with Crippen LogP contribution in [0.5, 0.6) is 0 Å². The monoisotopic (exact) mass is 500 g/mol. The van der Waals surface area contributed by atoms with E-state index in [1.807, 2.05) is 0 Å². The molecule has 0 amide bonds. The lowest BCUT2D eigenvalue weighted by atomic mass is 10.1. The zero-order valence-corrected chi connectivity index (χ0v) is 18.9. The average molecular weight is 500 g/mol. The lowest BCUT2D eigenvalue weighted by Gasteiger charge is -2.21. The molecule has 0 heterocycles. The molecule has 1 atom stereocenters. The molecule has 0 spiro atoms. The van der Waals surface area contributed by atoms with Crippen molar-refractivity contribution in [1.29, 1.82) is 0 Å². The van der Waals surface area contributed by atoms with Gasteiger partial charge in [0.1, 0.15) is 0 Å². The van der Waals surface area contributed by atoms with Crippen LogP contribution in [0.1, 0.15) is 44.7 Å². The number of aliphatic imine (C=N–C) groups is 1. The number of guanidine groups is 1. The van der Waals surface area contributed by atoms with Gasteiger partial charge in [-0.25, -0.2) is 0 Å². The Morgan fingerprint density at radius 1 is 1.15 bits per heavy atom. The quantitative estimate of drug-likeness (QED) is 0.298. The summed E-state index contributed by atoms with van der Waals surface area (Å²) in [6, 6.07) is 5.43. The van der Waals surface area contributed by atoms with Crippen molar-refractivity contribution in [3.8, 4) is 0 Å². The van der Waals surface area contributed by atoms with E-state index in [0.717, 1.165) is 50.2 Å². The molecule has 1 rings (SSSR count). The van der Waals surface area contributed by atoms with E-state index in [0.29, 0.717) is 12.5 Å². The Bertz CT molecular complexity index is 543. The van der Waals surface area contributed by atoms with Gasteiger partial charge in [-0.2, -0.15) is 13.2 Å². The van der Waals surface area contributed by atoms with Gasteiger partial charge in [-0.1, -0.05) is 26.0 Å². The van der Waals surface area contributed by atoms with Crippen molar-refractivity contribution in [2.24, 2.45) is 4.99 Å². The SMILES string of the molecule is CCN(CC)CCCC(C)NC(=NC)NCc1ccc(C(F)(F)F)cc1.I. The molecule has 1 unspecified atom stereocenters. The minimum absolute atomic E-state index is 0. The molecule has 4 nitrogen and oxygen atoms in total. The number of benzene rings is 1. The Labute approximate surface area is 178 Å². The molecule has 8 heteroatoms. The van der Waals surface area contributed by atoms with Crippen molar-refractivity contribution < 1.29 is 13.2 Å². The first-order chi connectivity index (χ1) is 12.3. The fourth-order valence-electron chi connectivity index (χ4n) is 2.66. The molecule has 0 saturated heterocycles. The summed E-state index contributed by atoms with van der Waals surface area (Å²) < 4.78 is 37.7. The van der Waals surface area contributed by atoms with Gasteiger partial charge < -0.3 is 15.5 Å². The number of hydrogen-bond donors (Lipinski definition) is 2. The van der Waals surface area contributed by atoms with Gasteiger partial charge in [0, 0.05) is 19.6 Å². The number of hydrogen-bond acceptors (Lipinski definition) is 2. The number of alkyl halides is 3. The normalized spacial score (nSPS) is 13.3. The maximum absolute atomic E-state index is 12.6. The highest BCUT2D eigenvalue weighted by atomic mass is 127. The van der Waals surface area contributed by atoms with Crippen molar-refractivity contribution in [1.82, 2.24) is 15.5 Å². The topological polar surface area (TPSA) is 39.7 Å². The van der Waals surface area contributed by atoms with Crippen LogP contribution < -0.4 is 10.6 Å². The molecule has 0 aliphatic heterocycles. The Morgan fingerprint density at radius 2 is 1.74 bits per heavy atom. The molecule has 27 heavy (non-hydrogen) atoms. The van der Waals surface area contributed by atoms with Gasteiger partial charge in [-0.3, -0.25) is 4.99 Å². The molecule has 0 aliphatic carbocycles. The lowest BCUT2D eigenvalue weighted by Crippen LogP contribution is -2.42. The molecule has 0 radical (unpaired) electrons. The van der Waals surface area contributed by atoms with Crippen molar-refractivity contribution in [2.75, 3.05) is 26.7 Å². The maximum Gasteiger partial charge on any atom is 0.416 e. The fourth-order valence-corrected chi connectivity index (χ4v) is 2.66. The highest BCUT2D eigenvalue weighted by Crippen LogP contribution is 2.29. The highest BCUT2D eigenvalue weighted by molar-refractivity contribution is 14.0. The number of nitrogens with one attached hydrogen (secondary N) is 2. The molecule has 0 bridgehead atoms. The summed E-state index contributed by atoms with van der Waals surface area (Å²) in [7, 11) is 1.69. The van der Waals surface area contributed by atoms with E-state index in [2.05, 4.69) is 41.3 Å². The van der Waals surface area contributed by atoms with E-state index < -0.39 is 11.7 Å². The third-order valence-corrected chi connectivity index (χ3v) is 4.35. The third kappa shape index (κ3) is 10.2. The average Bonchev–Trinajstić information content (AvgIpc) is 2.61. The Morgan fingerprint density at radius 3 is 2.22 bits per heavy atom. The zero-order chi connectivity index (χ0) is 19.6.